The summed E-state index contributed by atoms with van der Waals surface area (Å²) >= 11 is 0. The maximum absolute atomic E-state index is 11.0. The molecule has 1 aliphatic rings. The minimum atomic E-state index is -0.0503. The van der Waals surface area contributed by atoms with Gasteiger partial charge in [0.1, 0.15) is 0 Å². The molecule has 3 heteroatoms. The van der Waals surface area contributed by atoms with Gasteiger partial charge >= 0.3 is 0 Å². The van der Waals surface area contributed by atoms with E-state index in [0.29, 0.717) is 6.42 Å². The molecule has 0 fully saturated rings. The van der Waals surface area contributed by atoms with Crippen LogP contribution >= 0.6 is 0 Å². The first-order valence-corrected chi connectivity index (χ1v) is 4.32. The van der Waals surface area contributed by atoms with Crippen LogP contribution in [-0.2, 0) is 9.63 Å². The summed E-state index contributed by atoms with van der Waals surface area (Å²) in [5, 5.41) is 0. The molecule has 3 nitrogen and oxygen atoms in total. The SMILES string of the molecule is CONC(=O)CC1=CCCCC1. The number of amides is 1. The lowest BCUT2D eigenvalue weighted by Gasteiger charge is -2.11. The van der Waals surface area contributed by atoms with Crippen molar-refractivity contribution in [3.05, 3.63) is 11.6 Å². The smallest absolute Gasteiger partial charge is 0.247 e. The van der Waals surface area contributed by atoms with Crippen LogP contribution in [-0.4, -0.2) is 13.0 Å². The van der Waals surface area contributed by atoms with Crippen LogP contribution in [0.25, 0.3) is 0 Å². The maximum Gasteiger partial charge on any atom is 0.247 e. The summed E-state index contributed by atoms with van der Waals surface area (Å²) in [4.78, 5) is 15.6. The topological polar surface area (TPSA) is 38.3 Å². The van der Waals surface area contributed by atoms with Crippen molar-refractivity contribution in [1.29, 1.82) is 0 Å². The van der Waals surface area contributed by atoms with Gasteiger partial charge < -0.3 is 0 Å². The van der Waals surface area contributed by atoms with Gasteiger partial charge in [-0.2, -0.15) is 0 Å². The van der Waals surface area contributed by atoms with Gasteiger partial charge in [-0.1, -0.05) is 11.6 Å². The van der Waals surface area contributed by atoms with Gasteiger partial charge in [0, 0.05) is 6.42 Å². The third-order valence-electron chi connectivity index (χ3n) is 1.99. The standard InChI is InChI=1S/C9H15NO2/c1-12-10-9(11)7-8-5-3-2-4-6-8/h5H,2-4,6-7H2,1H3,(H,10,11). The van der Waals surface area contributed by atoms with E-state index in [9.17, 15) is 4.79 Å². The fourth-order valence-corrected chi connectivity index (χ4v) is 1.42. The van der Waals surface area contributed by atoms with Crippen molar-refractivity contribution in [3.8, 4) is 0 Å². The molecule has 0 aromatic heterocycles. The van der Waals surface area contributed by atoms with Crippen LogP contribution < -0.4 is 5.48 Å². The predicted octanol–water partition coefficient (Wildman–Crippen LogP) is 1.55. The van der Waals surface area contributed by atoms with E-state index < -0.39 is 0 Å². The van der Waals surface area contributed by atoms with E-state index >= 15 is 0 Å². The zero-order valence-electron chi connectivity index (χ0n) is 7.43. The van der Waals surface area contributed by atoms with Crippen molar-refractivity contribution in [2.24, 2.45) is 0 Å². The summed E-state index contributed by atoms with van der Waals surface area (Å²) < 4.78 is 0. The second-order valence-electron chi connectivity index (χ2n) is 3.01. The highest BCUT2D eigenvalue weighted by Crippen LogP contribution is 2.19. The van der Waals surface area contributed by atoms with Crippen molar-refractivity contribution >= 4 is 5.91 Å². The Hall–Kier alpha value is -0.830. The first-order valence-electron chi connectivity index (χ1n) is 4.32. The van der Waals surface area contributed by atoms with Crippen LogP contribution in [0.2, 0.25) is 0 Å². The first-order chi connectivity index (χ1) is 5.83. The van der Waals surface area contributed by atoms with Crippen LogP contribution in [0.3, 0.4) is 0 Å². The number of nitrogens with one attached hydrogen (secondary N) is 1. The molecule has 1 rings (SSSR count). The van der Waals surface area contributed by atoms with E-state index in [-0.39, 0.29) is 5.91 Å². The van der Waals surface area contributed by atoms with Crippen molar-refractivity contribution in [2.75, 3.05) is 7.11 Å². The molecule has 1 aliphatic carbocycles. The summed E-state index contributed by atoms with van der Waals surface area (Å²) in [6.45, 7) is 0. The summed E-state index contributed by atoms with van der Waals surface area (Å²) in [5.41, 5.74) is 3.56. The quantitative estimate of drug-likeness (QED) is 0.514. The molecule has 12 heavy (non-hydrogen) atoms. The molecule has 0 aliphatic heterocycles. The molecule has 1 N–H and O–H groups in total. The third-order valence-corrected chi connectivity index (χ3v) is 1.99. The highest BCUT2D eigenvalue weighted by molar-refractivity contribution is 5.77. The van der Waals surface area contributed by atoms with E-state index in [1.165, 1.54) is 25.5 Å². The molecule has 0 saturated carbocycles. The zero-order chi connectivity index (χ0) is 8.81. The van der Waals surface area contributed by atoms with Crippen molar-refractivity contribution in [2.45, 2.75) is 32.1 Å². The molecule has 0 spiro atoms. The normalized spacial score (nSPS) is 16.9. The number of hydrogen-bond acceptors (Lipinski definition) is 2. The van der Waals surface area contributed by atoms with E-state index in [1.54, 1.807) is 0 Å². The molecular weight excluding hydrogens is 154 g/mol. The van der Waals surface area contributed by atoms with Gasteiger partial charge in [-0.3, -0.25) is 9.63 Å². The minimum absolute atomic E-state index is 0.0503. The number of hydroxylamine groups is 1. The van der Waals surface area contributed by atoms with Crippen LogP contribution in [0.5, 0.6) is 0 Å². The second kappa shape index (κ2) is 4.93. The van der Waals surface area contributed by atoms with Crippen molar-refractivity contribution in [3.63, 3.8) is 0 Å². The van der Waals surface area contributed by atoms with E-state index in [4.69, 9.17) is 0 Å². The Bertz CT molecular complexity index is 187. The summed E-state index contributed by atoms with van der Waals surface area (Å²) in [6, 6.07) is 0. The Morgan fingerprint density at radius 1 is 1.67 bits per heavy atom. The Morgan fingerprint density at radius 2 is 2.50 bits per heavy atom. The van der Waals surface area contributed by atoms with E-state index in [0.717, 1.165) is 12.8 Å². The number of rotatable bonds is 3. The third kappa shape index (κ3) is 3.05. The molecule has 0 radical (unpaired) electrons. The molecule has 1 amide bonds. The van der Waals surface area contributed by atoms with Crippen LogP contribution in [0.4, 0.5) is 0 Å². The van der Waals surface area contributed by atoms with E-state index in [1.807, 2.05) is 0 Å². The largest absolute Gasteiger partial charge is 0.277 e. The molecule has 0 atom stereocenters. The molecule has 68 valence electrons. The Balaban J connectivity index is 2.29. The molecule has 0 bridgehead atoms. The molecular formula is C9H15NO2. The molecule has 0 aromatic carbocycles. The lowest BCUT2D eigenvalue weighted by molar-refractivity contribution is -0.130. The predicted molar refractivity (Wildman–Crippen MR) is 46.3 cm³/mol. The van der Waals surface area contributed by atoms with Crippen LogP contribution in [0.1, 0.15) is 32.1 Å². The first kappa shape index (κ1) is 9.26. The van der Waals surface area contributed by atoms with Gasteiger partial charge in [0.2, 0.25) is 5.91 Å². The average molecular weight is 169 g/mol. The summed E-state index contributed by atoms with van der Waals surface area (Å²) in [5.74, 6) is -0.0503. The van der Waals surface area contributed by atoms with Crippen LogP contribution in [0.15, 0.2) is 11.6 Å². The van der Waals surface area contributed by atoms with Crippen molar-refractivity contribution in [1.82, 2.24) is 5.48 Å². The Labute approximate surface area is 72.7 Å². The van der Waals surface area contributed by atoms with Gasteiger partial charge in [-0.05, 0) is 25.7 Å². The summed E-state index contributed by atoms with van der Waals surface area (Å²) in [7, 11) is 1.45. The Morgan fingerprint density at radius 3 is 3.08 bits per heavy atom. The number of carbonyl (C=O) groups excluding carboxylic acids is 1. The lowest BCUT2D eigenvalue weighted by atomic mass is 9.97. The molecule has 0 heterocycles. The fraction of sp³-hybridized carbons (Fsp3) is 0.667. The number of carbonyl (C=O) groups is 1. The van der Waals surface area contributed by atoms with Crippen LogP contribution in [0, 0.1) is 0 Å². The highest BCUT2D eigenvalue weighted by Gasteiger charge is 2.07. The lowest BCUT2D eigenvalue weighted by Crippen LogP contribution is -2.22. The average Bonchev–Trinajstić information content (AvgIpc) is 2.06. The fourth-order valence-electron chi connectivity index (χ4n) is 1.42. The highest BCUT2D eigenvalue weighted by atomic mass is 16.6. The van der Waals surface area contributed by atoms with Gasteiger partial charge in [0.05, 0.1) is 7.11 Å². The summed E-state index contributed by atoms with van der Waals surface area (Å²) in [6.07, 6.45) is 7.32. The van der Waals surface area contributed by atoms with Crippen molar-refractivity contribution < 1.29 is 9.63 Å². The van der Waals surface area contributed by atoms with E-state index in [2.05, 4.69) is 16.4 Å². The van der Waals surface area contributed by atoms with Gasteiger partial charge in [-0.25, -0.2) is 5.48 Å². The number of hydrogen-bond donors (Lipinski definition) is 1. The monoisotopic (exact) mass is 169 g/mol. The minimum Gasteiger partial charge on any atom is -0.277 e. The zero-order valence-corrected chi connectivity index (χ0v) is 7.43. The second-order valence-corrected chi connectivity index (χ2v) is 3.01. The number of allylic oxidation sites excluding steroid dienone is 1. The maximum atomic E-state index is 11.0. The molecule has 0 unspecified atom stereocenters. The molecule has 0 aromatic rings. The Kier molecular flexibility index (Phi) is 3.80. The van der Waals surface area contributed by atoms with Gasteiger partial charge in [-0.15, -0.1) is 0 Å². The van der Waals surface area contributed by atoms with Gasteiger partial charge in [0.25, 0.3) is 0 Å². The molecule has 0 saturated heterocycles. The van der Waals surface area contributed by atoms with Gasteiger partial charge in [0.15, 0.2) is 0 Å².